The topological polar surface area (TPSA) is 14.1 Å². The summed E-state index contributed by atoms with van der Waals surface area (Å²) in [6.45, 7) is 6.75. The molecule has 0 aromatic rings. The van der Waals surface area contributed by atoms with Gasteiger partial charge in [-0.05, 0) is 0 Å². The molecule has 0 radical (unpaired) electrons. The zero-order chi connectivity index (χ0) is 11.2. The van der Waals surface area contributed by atoms with Crippen molar-refractivity contribution in [3.05, 3.63) is 5.32 Å². The molecule has 0 heterocycles. The van der Waals surface area contributed by atoms with Gasteiger partial charge < -0.3 is 5.32 Å². The second-order valence-electron chi connectivity index (χ2n) is 4.50. The Morgan fingerprint density at radius 1 is 0.562 bits per heavy atom. The SMILES string of the molecule is CCCCCCC[N-]CCCCCCC.[Li+]. The van der Waals surface area contributed by atoms with E-state index in [2.05, 4.69) is 19.2 Å². The zero-order valence-corrected chi connectivity index (χ0v) is 11.9. The van der Waals surface area contributed by atoms with Crippen LogP contribution in [0.25, 0.3) is 5.32 Å². The third kappa shape index (κ3) is 17.0. The summed E-state index contributed by atoms with van der Waals surface area (Å²) in [5.74, 6) is 0. The number of nitrogens with zero attached hydrogens (tertiary/aromatic N) is 1. The zero-order valence-electron chi connectivity index (χ0n) is 11.9. The first-order valence-electron chi connectivity index (χ1n) is 7.05. The van der Waals surface area contributed by atoms with Crippen LogP contribution in [-0.2, 0) is 0 Å². The van der Waals surface area contributed by atoms with Crippen molar-refractivity contribution in [2.75, 3.05) is 13.1 Å². The van der Waals surface area contributed by atoms with Crippen molar-refractivity contribution in [1.29, 1.82) is 0 Å². The summed E-state index contributed by atoms with van der Waals surface area (Å²) >= 11 is 0. The van der Waals surface area contributed by atoms with Crippen molar-refractivity contribution in [3.8, 4) is 0 Å². The molecule has 0 fully saturated rings. The molecule has 0 saturated carbocycles. The van der Waals surface area contributed by atoms with Gasteiger partial charge in [-0.2, -0.15) is 0 Å². The standard InChI is InChI=1S/C14H30N.Li/c1-3-5-7-9-11-13-15-14-12-10-8-6-4-2;/h3-14H2,1-2H3;/q-1;+1. The molecule has 0 aliphatic carbocycles. The Morgan fingerprint density at radius 2 is 0.938 bits per heavy atom. The molecule has 16 heavy (non-hydrogen) atoms. The number of hydrogen-bond donors (Lipinski definition) is 0. The van der Waals surface area contributed by atoms with Crippen LogP contribution in [0, 0.1) is 0 Å². The summed E-state index contributed by atoms with van der Waals surface area (Å²) < 4.78 is 0. The quantitative estimate of drug-likeness (QED) is 0.353. The van der Waals surface area contributed by atoms with E-state index in [4.69, 9.17) is 0 Å². The largest absolute Gasteiger partial charge is 1.00 e. The average Bonchev–Trinajstić information content (AvgIpc) is 2.26. The van der Waals surface area contributed by atoms with E-state index >= 15 is 0 Å². The van der Waals surface area contributed by atoms with Crippen LogP contribution in [0.15, 0.2) is 0 Å². The first-order valence-corrected chi connectivity index (χ1v) is 7.05. The van der Waals surface area contributed by atoms with E-state index in [0.717, 1.165) is 13.1 Å². The molecule has 0 rings (SSSR count). The molecule has 2 heteroatoms. The maximum atomic E-state index is 4.57. The van der Waals surface area contributed by atoms with Gasteiger partial charge in [0, 0.05) is 0 Å². The molecule has 0 atom stereocenters. The third-order valence-corrected chi connectivity index (χ3v) is 2.84. The molecule has 0 aromatic carbocycles. The third-order valence-electron chi connectivity index (χ3n) is 2.84. The average molecular weight is 219 g/mol. The second-order valence-corrected chi connectivity index (χ2v) is 4.50. The van der Waals surface area contributed by atoms with Crippen LogP contribution < -0.4 is 18.9 Å². The molecule has 0 aliphatic heterocycles. The molecule has 0 unspecified atom stereocenters. The monoisotopic (exact) mass is 219 g/mol. The van der Waals surface area contributed by atoms with Crippen molar-refractivity contribution in [2.45, 2.75) is 78.1 Å². The van der Waals surface area contributed by atoms with Gasteiger partial charge in [-0.25, -0.2) is 0 Å². The van der Waals surface area contributed by atoms with Crippen molar-refractivity contribution in [1.82, 2.24) is 0 Å². The molecular weight excluding hydrogens is 189 g/mol. The Balaban J connectivity index is 0. The Labute approximate surface area is 115 Å². The van der Waals surface area contributed by atoms with Crippen molar-refractivity contribution in [3.63, 3.8) is 0 Å². The summed E-state index contributed by atoms with van der Waals surface area (Å²) in [5.41, 5.74) is 0. The molecule has 0 aliphatic rings. The van der Waals surface area contributed by atoms with Crippen LogP contribution in [0.3, 0.4) is 0 Å². The molecule has 92 valence electrons. The van der Waals surface area contributed by atoms with E-state index in [1.165, 1.54) is 64.2 Å². The minimum Gasteiger partial charge on any atom is -0.662 e. The minimum atomic E-state index is 0. The predicted octanol–water partition coefficient (Wildman–Crippen LogP) is 2.30. The van der Waals surface area contributed by atoms with Gasteiger partial charge in [-0.3, -0.25) is 0 Å². The van der Waals surface area contributed by atoms with Crippen LogP contribution in [-0.4, -0.2) is 13.1 Å². The van der Waals surface area contributed by atoms with Crippen LogP contribution in [0.5, 0.6) is 0 Å². The van der Waals surface area contributed by atoms with Gasteiger partial charge in [0.25, 0.3) is 0 Å². The van der Waals surface area contributed by atoms with Crippen LogP contribution in [0.4, 0.5) is 0 Å². The number of hydrogen-bond acceptors (Lipinski definition) is 0. The molecule has 0 N–H and O–H groups in total. The summed E-state index contributed by atoms with van der Waals surface area (Å²) in [6.07, 6.45) is 13.7. The number of rotatable bonds is 12. The van der Waals surface area contributed by atoms with Crippen LogP contribution >= 0.6 is 0 Å². The van der Waals surface area contributed by atoms with E-state index in [0.29, 0.717) is 0 Å². The normalized spacial score (nSPS) is 10.1. The second kappa shape index (κ2) is 17.9. The van der Waals surface area contributed by atoms with Gasteiger partial charge in [-0.1, -0.05) is 78.1 Å². The Morgan fingerprint density at radius 3 is 1.31 bits per heavy atom. The molecule has 0 aromatic heterocycles. The van der Waals surface area contributed by atoms with Crippen molar-refractivity contribution in [2.24, 2.45) is 0 Å². The Bertz CT molecular complexity index is 94.9. The van der Waals surface area contributed by atoms with Gasteiger partial charge in [0.1, 0.15) is 0 Å². The fourth-order valence-electron chi connectivity index (χ4n) is 1.77. The smallest absolute Gasteiger partial charge is 0.662 e. The fourth-order valence-corrected chi connectivity index (χ4v) is 1.77. The molecule has 0 spiro atoms. The summed E-state index contributed by atoms with van der Waals surface area (Å²) in [6, 6.07) is 0. The van der Waals surface area contributed by atoms with Crippen LogP contribution in [0.1, 0.15) is 78.1 Å². The molecule has 0 bridgehead atoms. The molecule has 1 nitrogen and oxygen atoms in total. The first-order chi connectivity index (χ1) is 7.41. The molecule has 0 amide bonds. The summed E-state index contributed by atoms with van der Waals surface area (Å²) in [4.78, 5) is 0. The number of unbranched alkanes of at least 4 members (excludes halogenated alkanes) is 8. The van der Waals surface area contributed by atoms with Gasteiger partial charge in [0.15, 0.2) is 0 Å². The van der Waals surface area contributed by atoms with Gasteiger partial charge in [0.05, 0.1) is 0 Å². The van der Waals surface area contributed by atoms with E-state index in [9.17, 15) is 0 Å². The first kappa shape index (κ1) is 18.9. The van der Waals surface area contributed by atoms with Gasteiger partial charge in [0.2, 0.25) is 0 Å². The minimum absolute atomic E-state index is 0. The fraction of sp³-hybridized carbons (Fsp3) is 1.00. The van der Waals surface area contributed by atoms with Gasteiger partial charge >= 0.3 is 18.9 Å². The summed E-state index contributed by atoms with van der Waals surface area (Å²) in [7, 11) is 0. The van der Waals surface area contributed by atoms with Gasteiger partial charge in [-0.15, -0.1) is 13.1 Å². The van der Waals surface area contributed by atoms with Crippen molar-refractivity contribution >= 4 is 0 Å². The van der Waals surface area contributed by atoms with Crippen LogP contribution in [0.2, 0.25) is 0 Å². The van der Waals surface area contributed by atoms with E-state index in [1.54, 1.807) is 0 Å². The van der Waals surface area contributed by atoms with E-state index < -0.39 is 0 Å². The van der Waals surface area contributed by atoms with E-state index in [-0.39, 0.29) is 18.9 Å². The maximum Gasteiger partial charge on any atom is 1.00 e. The predicted molar refractivity (Wildman–Crippen MR) is 70.6 cm³/mol. The Kier molecular flexibility index (Phi) is 21.2. The summed E-state index contributed by atoms with van der Waals surface area (Å²) in [5, 5.41) is 4.57. The molecule has 0 saturated heterocycles. The maximum absolute atomic E-state index is 4.57. The Hall–Kier alpha value is 0.557. The van der Waals surface area contributed by atoms with E-state index in [1.807, 2.05) is 0 Å². The molecular formula is C14H30LiN. The van der Waals surface area contributed by atoms with Crippen molar-refractivity contribution < 1.29 is 18.9 Å².